The molecule has 0 aromatic carbocycles. The van der Waals surface area contributed by atoms with Gasteiger partial charge in [0.1, 0.15) is 0 Å². The Kier molecular flexibility index (Phi) is 1.74. The summed E-state index contributed by atoms with van der Waals surface area (Å²) in [6, 6.07) is 0. The molecule has 0 aliphatic carbocycles. The number of allylic oxidation sites excluding steroid dienone is 2. The van der Waals surface area contributed by atoms with Gasteiger partial charge >= 0.3 is 0 Å². The second-order valence-electron chi connectivity index (χ2n) is 3.85. The Morgan fingerprint density at radius 2 is 1.57 bits per heavy atom. The van der Waals surface area contributed by atoms with Crippen molar-refractivity contribution in [3.63, 3.8) is 0 Å². The molecule has 14 heavy (non-hydrogen) atoms. The zero-order chi connectivity index (χ0) is 10.5. The van der Waals surface area contributed by atoms with E-state index in [0.29, 0.717) is 16.8 Å². The highest BCUT2D eigenvalue weighted by Gasteiger charge is 2.38. The summed E-state index contributed by atoms with van der Waals surface area (Å²) in [6.45, 7) is 5.64. The van der Waals surface area contributed by atoms with Crippen molar-refractivity contribution in [1.82, 2.24) is 10.6 Å². The molecule has 0 fully saturated rings. The van der Waals surface area contributed by atoms with Gasteiger partial charge in [0.2, 0.25) is 0 Å². The SMILES string of the molecule is CC1=C2C(=O)NC(C(C)C)=C2C(=O)N1. The molecule has 0 bridgehead atoms. The van der Waals surface area contributed by atoms with Crippen LogP contribution in [0, 0.1) is 5.92 Å². The Balaban J connectivity index is 2.59. The molecule has 0 saturated heterocycles. The summed E-state index contributed by atoms with van der Waals surface area (Å²) in [5.41, 5.74) is 2.43. The maximum absolute atomic E-state index is 11.5. The maximum Gasteiger partial charge on any atom is 0.258 e. The van der Waals surface area contributed by atoms with E-state index in [2.05, 4.69) is 10.6 Å². The molecule has 0 spiro atoms. The van der Waals surface area contributed by atoms with Crippen LogP contribution in [0.15, 0.2) is 22.5 Å². The van der Waals surface area contributed by atoms with Gasteiger partial charge < -0.3 is 10.6 Å². The fraction of sp³-hybridized carbons (Fsp3) is 0.400. The van der Waals surface area contributed by atoms with Crippen LogP contribution in [-0.4, -0.2) is 11.8 Å². The molecule has 2 heterocycles. The number of rotatable bonds is 1. The number of hydrogen-bond acceptors (Lipinski definition) is 2. The summed E-state index contributed by atoms with van der Waals surface area (Å²) < 4.78 is 0. The number of nitrogens with one attached hydrogen (secondary N) is 2. The van der Waals surface area contributed by atoms with Crippen LogP contribution in [0.5, 0.6) is 0 Å². The van der Waals surface area contributed by atoms with Gasteiger partial charge in [0.05, 0.1) is 11.1 Å². The van der Waals surface area contributed by atoms with Crippen LogP contribution in [0.3, 0.4) is 0 Å². The number of hydrogen-bond donors (Lipinski definition) is 2. The third kappa shape index (κ3) is 0.999. The molecule has 4 heteroatoms. The molecule has 0 saturated carbocycles. The first-order chi connectivity index (χ1) is 6.52. The van der Waals surface area contributed by atoms with Gasteiger partial charge in [-0.15, -0.1) is 0 Å². The lowest BCUT2D eigenvalue weighted by atomic mass is 10.0. The predicted octanol–water partition coefficient (Wildman–Crippen LogP) is 0.430. The minimum absolute atomic E-state index is 0.156. The molecule has 0 atom stereocenters. The smallest absolute Gasteiger partial charge is 0.258 e. The van der Waals surface area contributed by atoms with E-state index in [4.69, 9.17) is 0 Å². The van der Waals surface area contributed by atoms with Crippen molar-refractivity contribution >= 4 is 11.8 Å². The van der Waals surface area contributed by atoms with Crippen molar-refractivity contribution in [2.24, 2.45) is 5.92 Å². The highest BCUT2D eigenvalue weighted by Crippen LogP contribution is 2.31. The van der Waals surface area contributed by atoms with Crippen molar-refractivity contribution in [3.05, 3.63) is 22.5 Å². The number of carbonyl (C=O) groups is 2. The molecular formula is C10H12N2O2. The largest absolute Gasteiger partial charge is 0.325 e. The first-order valence-corrected chi connectivity index (χ1v) is 4.60. The number of amides is 2. The summed E-state index contributed by atoms with van der Waals surface area (Å²) in [5.74, 6) is -0.179. The third-order valence-electron chi connectivity index (χ3n) is 2.48. The molecule has 2 rings (SSSR count). The fourth-order valence-corrected chi connectivity index (χ4v) is 1.82. The molecule has 0 aromatic heterocycles. The lowest BCUT2D eigenvalue weighted by Crippen LogP contribution is -2.23. The van der Waals surface area contributed by atoms with E-state index in [0.717, 1.165) is 5.70 Å². The van der Waals surface area contributed by atoms with Gasteiger partial charge in [0, 0.05) is 11.4 Å². The number of fused-ring (bicyclic) bond motifs is 1. The van der Waals surface area contributed by atoms with Gasteiger partial charge in [-0.1, -0.05) is 13.8 Å². The van der Waals surface area contributed by atoms with E-state index in [9.17, 15) is 9.59 Å². The van der Waals surface area contributed by atoms with Crippen LogP contribution >= 0.6 is 0 Å². The standard InChI is InChI=1S/C10H12N2O2/c1-4(2)8-7-6(9(13)12-8)5(3)11-10(7)14/h4H,1-3H3,(H,11,14)(H,12,13). The molecule has 74 valence electrons. The summed E-state index contributed by atoms with van der Waals surface area (Å²) in [5, 5.41) is 5.39. The van der Waals surface area contributed by atoms with E-state index in [-0.39, 0.29) is 17.7 Å². The Bertz CT molecular complexity index is 402. The summed E-state index contributed by atoms with van der Waals surface area (Å²) in [6.07, 6.45) is 0. The normalized spacial score (nSPS) is 20.6. The van der Waals surface area contributed by atoms with E-state index in [1.807, 2.05) is 13.8 Å². The van der Waals surface area contributed by atoms with Gasteiger partial charge in [0.15, 0.2) is 0 Å². The van der Waals surface area contributed by atoms with Crippen molar-refractivity contribution in [2.45, 2.75) is 20.8 Å². The van der Waals surface area contributed by atoms with Gasteiger partial charge in [-0.05, 0) is 12.8 Å². The molecule has 0 radical (unpaired) electrons. The molecule has 2 aliphatic rings. The van der Waals surface area contributed by atoms with Crippen LogP contribution in [0.25, 0.3) is 0 Å². The van der Waals surface area contributed by atoms with Gasteiger partial charge in [-0.2, -0.15) is 0 Å². The van der Waals surface area contributed by atoms with E-state index < -0.39 is 0 Å². The minimum atomic E-state index is -0.167. The zero-order valence-electron chi connectivity index (χ0n) is 8.39. The van der Waals surface area contributed by atoms with Crippen molar-refractivity contribution in [3.8, 4) is 0 Å². The topological polar surface area (TPSA) is 58.2 Å². The lowest BCUT2D eigenvalue weighted by Gasteiger charge is -2.07. The first kappa shape index (κ1) is 8.99. The zero-order valence-corrected chi connectivity index (χ0v) is 8.39. The van der Waals surface area contributed by atoms with Crippen LogP contribution in [0.1, 0.15) is 20.8 Å². The average molecular weight is 192 g/mol. The molecule has 4 nitrogen and oxygen atoms in total. The van der Waals surface area contributed by atoms with E-state index >= 15 is 0 Å². The monoisotopic (exact) mass is 192 g/mol. The highest BCUT2D eigenvalue weighted by molar-refractivity contribution is 6.19. The Hall–Kier alpha value is -1.58. The van der Waals surface area contributed by atoms with Crippen LogP contribution in [0.4, 0.5) is 0 Å². The van der Waals surface area contributed by atoms with Gasteiger partial charge in [-0.3, -0.25) is 9.59 Å². The van der Waals surface area contributed by atoms with Crippen LogP contribution in [-0.2, 0) is 9.59 Å². The van der Waals surface area contributed by atoms with E-state index in [1.54, 1.807) is 6.92 Å². The van der Waals surface area contributed by atoms with Gasteiger partial charge in [-0.25, -0.2) is 0 Å². The predicted molar refractivity (Wildman–Crippen MR) is 50.8 cm³/mol. The summed E-state index contributed by atoms with van der Waals surface area (Å²) in [4.78, 5) is 23.0. The maximum atomic E-state index is 11.5. The summed E-state index contributed by atoms with van der Waals surface area (Å²) in [7, 11) is 0. The Morgan fingerprint density at radius 1 is 1.00 bits per heavy atom. The van der Waals surface area contributed by atoms with Crippen molar-refractivity contribution < 1.29 is 9.59 Å². The quantitative estimate of drug-likeness (QED) is 0.633. The second-order valence-corrected chi connectivity index (χ2v) is 3.85. The molecule has 0 unspecified atom stereocenters. The van der Waals surface area contributed by atoms with Crippen LogP contribution in [0.2, 0.25) is 0 Å². The molecule has 2 aliphatic heterocycles. The Labute approximate surface area is 82.1 Å². The van der Waals surface area contributed by atoms with Crippen molar-refractivity contribution in [2.75, 3.05) is 0 Å². The van der Waals surface area contributed by atoms with Crippen LogP contribution < -0.4 is 10.6 Å². The van der Waals surface area contributed by atoms with E-state index in [1.165, 1.54) is 0 Å². The Morgan fingerprint density at radius 3 is 2.14 bits per heavy atom. The molecule has 2 N–H and O–H groups in total. The van der Waals surface area contributed by atoms with Gasteiger partial charge in [0.25, 0.3) is 11.8 Å². The molecular weight excluding hydrogens is 180 g/mol. The molecule has 0 aromatic rings. The lowest BCUT2D eigenvalue weighted by molar-refractivity contribution is -0.117. The average Bonchev–Trinajstić information content (AvgIpc) is 2.54. The third-order valence-corrected chi connectivity index (χ3v) is 2.48. The summed E-state index contributed by atoms with van der Waals surface area (Å²) >= 11 is 0. The fourth-order valence-electron chi connectivity index (χ4n) is 1.82. The molecule has 2 amide bonds. The second kappa shape index (κ2) is 2.70. The highest BCUT2D eigenvalue weighted by atomic mass is 16.2. The first-order valence-electron chi connectivity index (χ1n) is 4.60. The number of carbonyl (C=O) groups excluding carboxylic acids is 2. The van der Waals surface area contributed by atoms with Crippen molar-refractivity contribution in [1.29, 1.82) is 0 Å². The minimum Gasteiger partial charge on any atom is -0.325 e.